The maximum atomic E-state index is 11.8. The molecule has 2 rings (SSSR count). The molecule has 2 aliphatic rings. The molecule has 1 amide bonds. The van der Waals surface area contributed by atoms with Gasteiger partial charge in [-0.05, 0) is 33.4 Å². The Morgan fingerprint density at radius 1 is 1.21 bits per heavy atom. The van der Waals surface area contributed by atoms with Crippen molar-refractivity contribution in [3.63, 3.8) is 0 Å². The fourth-order valence-electron chi connectivity index (χ4n) is 3.31. The summed E-state index contributed by atoms with van der Waals surface area (Å²) >= 11 is 0. The zero-order valence-electron chi connectivity index (χ0n) is 12.5. The molecular weight excluding hydrogens is 238 g/mol. The molecule has 1 atom stereocenters. The first-order valence-corrected chi connectivity index (χ1v) is 7.83. The second-order valence-electron chi connectivity index (χ2n) is 6.39. The first-order chi connectivity index (χ1) is 9.15. The van der Waals surface area contributed by atoms with E-state index in [0.29, 0.717) is 12.5 Å². The van der Waals surface area contributed by atoms with Gasteiger partial charge in [-0.1, -0.05) is 19.3 Å². The molecule has 1 unspecified atom stereocenters. The Balaban J connectivity index is 1.68. The lowest BCUT2D eigenvalue weighted by atomic mass is 9.94. The lowest BCUT2D eigenvalue weighted by Gasteiger charge is -2.31. The summed E-state index contributed by atoms with van der Waals surface area (Å²) in [6.07, 6.45) is 8.66. The van der Waals surface area contributed by atoms with Gasteiger partial charge in [0.05, 0.1) is 0 Å². The number of amides is 1. The minimum atomic E-state index is 0.212. The van der Waals surface area contributed by atoms with Crippen LogP contribution in [0.3, 0.4) is 0 Å². The van der Waals surface area contributed by atoms with Gasteiger partial charge in [-0.25, -0.2) is 0 Å². The van der Waals surface area contributed by atoms with Gasteiger partial charge in [0.15, 0.2) is 0 Å². The number of rotatable bonds is 5. The third-order valence-corrected chi connectivity index (χ3v) is 4.46. The van der Waals surface area contributed by atoms with Gasteiger partial charge in [0.1, 0.15) is 0 Å². The fraction of sp³-hybridized carbons (Fsp3) is 0.933. The maximum absolute atomic E-state index is 11.8. The smallest absolute Gasteiger partial charge is 0.221 e. The SMILES string of the molecule is CN(C)CCC(=O)NC1CCN(C2CCCCC2)C1. The molecular formula is C15H29N3O. The van der Waals surface area contributed by atoms with Gasteiger partial charge in [-0.15, -0.1) is 0 Å². The monoisotopic (exact) mass is 267 g/mol. The second kappa shape index (κ2) is 7.25. The van der Waals surface area contributed by atoms with Crippen LogP contribution < -0.4 is 5.32 Å². The standard InChI is InChI=1S/C15H29N3O/c1-17(2)10-9-15(19)16-13-8-11-18(12-13)14-6-4-3-5-7-14/h13-14H,3-12H2,1-2H3,(H,16,19). The summed E-state index contributed by atoms with van der Waals surface area (Å²) in [5.41, 5.74) is 0. The molecule has 1 saturated heterocycles. The predicted octanol–water partition coefficient (Wildman–Crippen LogP) is 1.46. The summed E-state index contributed by atoms with van der Waals surface area (Å²) in [5.74, 6) is 0.212. The lowest BCUT2D eigenvalue weighted by molar-refractivity contribution is -0.121. The highest BCUT2D eigenvalue weighted by Gasteiger charge is 2.29. The quantitative estimate of drug-likeness (QED) is 0.819. The molecule has 1 aliphatic heterocycles. The molecule has 1 saturated carbocycles. The Morgan fingerprint density at radius 2 is 1.95 bits per heavy atom. The van der Waals surface area contributed by atoms with E-state index < -0.39 is 0 Å². The normalized spacial score (nSPS) is 25.9. The molecule has 2 fully saturated rings. The first-order valence-electron chi connectivity index (χ1n) is 7.83. The molecule has 0 aromatic heterocycles. The highest BCUT2D eigenvalue weighted by molar-refractivity contribution is 5.76. The molecule has 0 bridgehead atoms. The fourth-order valence-corrected chi connectivity index (χ4v) is 3.31. The zero-order valence-corrected chi connectivity index (χ0v) is 12.5. The minimum absolute atomic E-state index is 0.212. The van der Waals surface area contributed by atoms with Crippen LogP contribution in [0.4, 0.5) is 0 Å². The summed E-state index contributed by atoms with van der Waals surface area (Å²) < 4.78 is 0. The van der Waals surface area contributed by atoms with Gasteiger partial charge in [0, 0.05) is 38.1 Å². The van der Waals surface area contributed by atoms with Crippen LogP contribution in [0.15, 0.2) is 0 Å². The number of hydrogen-bond acceptors (Lipinski definition) is 3. The summed E-state index contributed by atoms with van der Waals surface area (Å²) in [5, 5.41) is 3.20. The van der Waals surface area contributed by atoms with Gasteiger partial charge in [-0.3, -0.25) is 9.69 Å². The predicted molar refractivity (Wildman–Crippen MR) is 78.2 cm³/mol. The van der Waals surface area contributed by atoms with Gasteiger partial charge in [0.2, 0.25) is 5.91 Å². The highest BCUT2D eigenvalue weighted by atomic mass is 16.1. The van der Waals surface area contributed by atoms with E-state index >= 15 is 0 Å². The van der Waals surface area contributed by atoms with Crippen molar-refractivity contribution in [3.05, 3.63) is 0 Å². The third-order valence-electron chi connectivity index (χ3n) is 4.46. The molecule has 0 radical (unpaired) electrons. The van der Waals surface area contributed by atoms with Crippen molar-refractivity contribution in [1.29, 1.82) is 0 Å². The molecule has 4 heteroatoms. The Hall–Kier alpha value is -0.610. The van der Waals surface area contributed by atoms with Crippen LogP contribution in [0.25, 0.3) is 0 Å². The van der Waals surface area contributed by atoms with Crippen molar-refractivity contribution in [2.24, 2.45) is 0 Å². The molecule has 1 heterocycles. The van der Waals surface area contributed by atoms with Crippen LogP contribution in [-0.2, 0) is 4.79 Å². The Kier molecular flexibility index (Phi) is 5.64. The van der Waals surface area contributed by atoms with Crippen molar-refractivity contribution < 1.29 is 4.79 Å². The molecule has 110 valence electrons. The third kappa shape index (κ3) is 4.77. The topological polar surface area (TPSA) is 35.6 Å². The maximum Gasteiger partial charge on any atom is 0.221 e. The number of likely N-dealkylation sites (tertiary alicyclic amines) is 1. The minimum Gasteiger partial charge on any atom is -0.352 e. The highest BCUT2D eigenvalue weighted by Crippen LogP contribution is 2.25. The van der Waals surface area contributed by atoms with Crippen molar-refractivity contribution in [3.8, 4) is 0 Å². The molecule has 1 N–H and O–H groups in total. The van der Waals surface area contributed by atoms with E-state index in [2.05, 4.69) is 15.1 Å². The van der Waals surface area contributed by atoms with E-state index in [-0.39, 0.29) is 5.91 Å². The van der Waals surface area contributed by atoms with Crippen molar-refractivity contribution in [2.75, 3.05) is 33.7 Å². The molecule has 1 aliphatic carbocycles. The van der Waals surface area contributed by atoms with Gasteiger partial charge in [0.25, 0.3) is 0 Å². The Morgan fingerprint density at radius 3 is 2.63 bits per heavy atom. The van der Waals surface area contributed by atoms with E-state index in [4.69, 9.17) is 0 Å². The Bertz CT molecular complexity index is 287. The average Bonchev–Trinajstić information content (AvgIpc) is 2.86. The van der Waals surface area contributed by atoms with Crippen LogP contribution in [-0.4, -0.2) is 61.5 Å². The van der Waals surface area contributed by atoms with Crippen LogP contribution in [0.2, 0.25) is 0 Å². The zero-order chi connectivity index (χ0) is 13.7. The summed E-state index contributed by atoms with van der Waals surface area (Å²) in [7, 11) is 4.02. The lowest BCUT2D eigenvalue weighted by Crippen LogP contribution is -2.41. The molecule has 0 aromatic rings. The summed E-state index contributed by atoms with van der Waals surface area (Å²) in [6, 6.07) is 1.18. The number of nitrogens with one attached hydrogen (secondary N) is 1. The van der Waals surface area contributed by atoms with E-state index in [0.717, 1.165) is 25.6 Å². The van der Waals surface area contributed by atoms with E-state index in [9.17, 15) is 4.79 Å². The molecule has 4 nitrogen and oxygen atoms in total. The molecule has 0 spiro atoms. The van der Waals surface area contributed by atoms with Crippen molar-refractivity contribution in [1.82, 2.24) is 15.1 Å². The summed E-state index contributed by atoms with van der Waals surface area (Å²) in [4.78, 5) is 16.5. The van der Waals surface area contributed by atoms with Crippen molar-refractivity contribution in [2.45, 2.75) is 57.0 Å². The van der Waals surface area contributed by atoms with Gasteiger partial charge < -0.3 is 10.2 Å². The summed E-state index contributed by atoms with van der Waals surface area (Å²) in [6.45, 7) is 3.08. The Labute approximate surface area is 117 Å². The van der Waals surface area contributed by atoms with Crippen LogP contribution >= 0.6 is 0 Å². The van der Waals surface area contributed by atoms with E-state index in [1.807, 2.05) is 14.1 Å². The van der Waals surface area contributed by atoms with Crippen LogP contribution in [0.5, 0.6) is 0 Å². The number of hydrogen-bond donors (Lipinski definition) is 1. The molecule has 19 heavy (non-hydrogen) atoms. The van der Waals surface area contributed by atoms with Gasteiger partial charge in [-0.2, -0.15) is 0 Å². The van der Waals surface area contributed by atoms with Crippen LogP contribution in [0.1, 0.15) is 44.9 Å². The van der Waals surface area contributed by atoms with E-state index in [1.165, 1.54) is 38.6 Å². The van der Waals surface area contributed by atoms with Crippen LogP contribution in [0, 0.1) is 0 Å². The number of carbonyl (C=O) groups is 1. The molecule has 0 aromatic carbocycles. The van der Waals surface area contributed by atoms with E-state index in [1.54, 1.807) is 0 Å². The van der Waals surface area contributed by atoms with Gasteiger partial charge >= 0.3 is 0 Å². The number of nitrogens with zero attached hydrogens (tertiary/aromatic N) is 2. The second-order valence-corrected chi connectivity index (χ2v) is 6.39. The average molecular weight is 267 g/mol. The number of carbonyl (C=O) groups excluding carboxylic acids is 1. The largest absolute Gasteiger partial charge is 0.352 e. The van der Waals surface area contributed by atoms with Crippen molar-refractivity contribution >= 4 is 5.91 Å². The first kappa shape index (κ1) is 14.8.